The van der Waals surface area contributed by atoms with Crippen LogP contribution < -0.4 is 24.1 Å². The number of hydrogen-bond donors (Lipinski definition) is 2. The minimum absolute atomic E-state index is 0.342. The number of rotatable bonds is 8. The molecule has 10 heteroatoms. The van der Waals surface area contributed by atoms with E-state index in [1.165, 1.54) is 6.33 Å². The zero-order chi connectivity index (χ0) is 20.5. The number of methoxy groups -OCH3 is 2. The molecule has 9 nitrogen and oxygen atoms in total. The first-order valence-corrected chi connectivity index (χ1v) is 9.78. The Labute approximate surface area is 159 Å². The molecule has 0 saturated carbocycles. The molecule has 0 radical (unpaired) electrons. The van der Waals surface area contributed by atoms with Crippen molar-refractivity contribution in [3.8, 4) is 17.4 Å². The number of hydrogen-bond acceptors (Lipinski definition) is 7. The van der Waals surface area contributed by atoms with Crippen molar-refractivity contribution in [1.29, 1.82) is 0 Å². The first kappa shape index (κ1) is 21.1. The van der Waals surface area contributed by atoms with Crippen LogP contribution in [0.3, 0.4) is 0 Å². The molecular formula is C17H26N4O5S. The molecule has 0 atom stereocenters. The summed E-state index contributed by atoms with van der Waals surface area (Å²) in [6, 6.07) is 3.48. The molecule has 1 aromatic carbocycles. The molecule has 2 rings (SSSR count). The molecule has 0 unspecified atom stereocenters. The normalized spacial score (nSPS) is 12.9. The average Bonchev–Trinajstić information content (AvgIpc) is 2.49. The number of aromatic nitrogens is 2. The molecule has 150 valence electrons. The average molecular weight is 398 g/mol. The van der Waals surface area contributed by atoms with Gasteiger partial charge in [0.05, 0.1) is 25.1 Å². The number of benzene rings is 1. The summed E-state index contributed by atoms with van der Waals surface area (Å²) in [6.45, 7) is 7.14. The molecule has 2 aromatic rings. The smallest absolute Gasteiger partial charge is 0.274 e. The van der Waals surface area contributed by atoms with Crippen molar-refractivity contribution in [2.75, 3.05) is 14.2 Å². The highest BCUT2D eigenvalue weighted by atomic mass is 32.2. The third-order valence-electron chi connectivity index (χ3n) is 3.76. The molecule has 1 heterocycles. The fourth-order valence-corrected chi connectivity index (χ4v) is 4.07. The van der Waals surface area contributed by atoms with Gasteiger partial charge in [0, 0.05) is 18.0 Å². The number of fused-ring (bicyclic) bond motifs is 1. The van der Waals surface area contributed by atoms with Gasteiger partial charge in [-0.1, -0.05) is 0 Å². The van der Waals surface area contributed by atoms with Crippen molar-refractivity contribution < 1.29 is 22.6 Å². The van der Waals surface area contributed by atoms with Gasteiger partial charge in [-0.15, -0.1) is 0 Å². The second-order valence-corrected chi connectivity index (χ2v) is 8.77. The highest BCUT2D eigenvalue weighted by Crippen LogP contribution is 2.36. The molecule has 0 amide bonds. The summed E-state index contributed by atoms with van der Waals surface area (Å²) in [6.07, 6.45) is 1.74. The van der Waals surface area contributed by atoms with E-state index in [0.29, 0.717) is 34.7 Å². The predicted octanol–water partition coefficient (Wildman–Crippen LogP) is 1.77. The van der Waals surface area contributed by atoms with Gasteiger partial charge in [-0.25, -0.2) is 15.1 Å². The summed E-state index contributed by atoms with van der Waals surface area (Å²) in [5.41, 5.74) is -0.938. The summed E-state index contributed by atoms with van der Waals surface area (Å²) in [5, 5.41) is 5.75. The van der Waals surface area contributed by atoms with Crippen molar-refractivity contribution in [3.05, 3.63) is 18.5 Å². The molecular weight excluding hydrogens is 372 g/mol. The second kappa shape index (κ2) is 7.45. The molecule has 0 aliphatic rings. The summed E-state index contributed by atoms with van der Waals surface area (Å²) in [5.74, 6) is 1.43. The van der Waals surface area contributed by atoms with Gasteiger partial charge in [0.25, 0.3) is 10.2 Å². The Bertz CT molecular complexity index is 928. The molecule has 1 aromatic heterocycles. The van der Waals surface area contributed by atoms with Crippen molar-refractivity contribution in [3.63, 3.8) is 0 Å². The fraction of sp³-hybridized carbons (Fsp3) is 0.529. The molecule has 3 N–H and O–H groups in total. The maximum Gasteiger partial charge on any atom is 0.274 e. The Hall–Kier alpha value is -2.17. The maximum absolute atomic E-state index is 11.4. The lowest BCUT2D eigenvalue weighted by molar-refractivity contribution is 0.0716. The van der Waals surface area contributed by atoms with Crippen LogP contribution >= 0.6 is 0 Å². The van der Waals surface area contributed by atoms with E-state index in [0.717, 1.165) is 0 Å². The Kier molecular flexibility index (Phi) is 5.83. The minimum atomic E-state index is -3.84. The van der Waals surface area contributed by atoms with Crippen molar-refractivity contribution in [2.45, 2.75) is 45.3 Å². The van der Waals surface area contributed by atoms with Gasteiger partial charge in [0.2, 0.25) is 5.88 Å². The van der Waals surface area contributed by atoms with Gasteiger partial charge in [-0.05, 0) is 33.8 Å². The molecule has 0 saturated heterocycles. The van der Waals surface area contributed by atoms with Crippen molar-refractivity contribution in [1.82, 2.24) is 14.7 Å². The van der Waals surface area contributed by atoms with E-state index in [-0.39, 0.29) is 0 Å². The van der Waals surface area contributed by atoms with Crippen LogP contribution in [0.5, 0.6) is 17.4 Å². The zero-order valence-electron chi connectivity index (χ0n) is 16.4. The van der Waals surface area contributed by atoms with Crippen molar-refractivity contribution >= 4 is 21.1 Å². The first-order chi connectivity index (χ1) is 12.4. The zero-order valence-corrected chi connectivity index (χ0v) is 17.2. The van der Waals surface area contributed by atoms with Crippen LogP contribution in [-0.2, 0) is 10.2 Å². The summed E-state index contributed by atoms with van der Waals surface area (Å²) < 4.78 is 41.9. The van der Waals surface area contributed by atoms with Gasteiger partial charge >= 0.3 is 0 Å². The van der Waals surface area contributed by atoms with E-state index in [1.807, 2.05) is 13.8 Å². The summed E-state index contributed by atoms with van der Waals surface area (Å²) in [7, 11) is -0.751. The maximum atomic E-state index is 11.4. The second-order valence-electron chi connectivity index (χ2n) is 7.47. The fourth-order valence-electron chi connectivity index (χ4n) is 3.22. The number of nitrogens with two attached hydrogens (primary N) is 1. The Balaban J connectivity index is 2.36. The molecule has 0 spiro atoms. The van der Waals surface area contributed by atoms with Gasteiger partial charge in [0.1, 0.15) is 11.9 Å². The number of nitrogens with zero attached hydrogens (tertiary/aromatic N) is 2. The molecule has 0 aliphatic heterocycles. The first-order valence-electron chi connectivity index (χ1n) is 8.23. The third-order valence-corrected chi connectivity index (χ3v) is 4.60. The molecule has 0 aliphatic carbocycles. The van der Waals surface area contributed by atoms with E-state index >= 15 is 0 Å². The van der Waals surface area contributed by atoms with Gasteiger partial charge in [0.15, 0.2) is 11.5 Å². The van der Waals surface area contributed by atoms with Crippen LogP contribution in [0.4, 0.5) is 0 Å². The van der Waals surface area contributed by atoms with E-state index in [1.54, 1.807) is 40.2 Å². The number of ether oxygens (including phenoxy) is 3. The number of nitrogens with one attached hydrogen (secondary N) is 1. The summed E-state index contributed by atoms with van der Waals surface area (Å²) >= 11 is 0. The molecule has 0 fully saturated rings. The Morgan fingerprint density at radius 1 is 1.07 bits per heavy atom. The van der Waals surface area contributed by atoms with Crippen LogP contribution in [0, 0.1) is 0 Å². The largest absolute Gasteiger partial charge is 0.493 e. The van der Waals surface area contributed by atoms with Crippen LogP contribution in [0.15, 0.2) is 18.5 Å². The minimum Gasteiger partial charge on any atom is -0.493 e. The van der Waals surface area contributed by atoms with Crippen LogP contribution in [-0.4, -0.2) is 43.7 Å². The Morgan fingerprint density at radius 3 is 2.22 bits per heavy atom. The lowest BCUT2D eigenvalue weighted by Crippen LogP contribution is -2.51. The van der Waals surface area contributed by atoms with Gasteiger partial charge < -0.3 is 14.2 Å². The van der Waals surface area contributed by atoms with Gasteiger partial charge in [-0.3, -0.25) is 0 Å². The van der Waals surface area contributed by atoms with Crippen molar-refractivity contribution in [2.24, 2.45) is 5.14 Å². The van der Waals surface area contributed by atoms with E-state index in [4.69, 9.17) is 19.3 Å². The van der Waals surface area contributed by atoms with E-state index in [9.17, 15) is 8.42 Å². The van der Waals surface area contributed by atoms with Crippen LogP contribution in [0.25, 0.3) is 10.9 Å². The van der Waals surface area contributed by atoms with E-state index in [2.05, 4.69) is 14.7 Å². The monoisotopic (exact) mass is 398 g/mol. The molecule has 27 heavy (non-hydrogen) atoms. The van der Waals surface area contributed by atoms with E-state index < -0.39 is 21.3 Å². The molecule has 0 bridgehead atoms. The topological polar surface area (TPSA) is 126 Å². The lowest BCUT2D eigenvalue weighted by atomic mass is 9.90. The Morgan fingerprint density at radius 2 is 1.67 bits per heavy atom. The lowest BCUT2D eigenvalue weighted by Gasteiger charge is -2.35. The quantitative estimate of drug-likeness (QED) is 0.694. The highest BCUT2D eigenvalue weighted by molar-refractivity contribution is 7.87. The summed E-state index contributed by atoms with van der Waals surface area (Å²) in [4.78, 5) is 8.48. The highest BCUT2D eigenvalue weighted by Gasteiger charge is 2.33. The van der Waals surface area contributed by atoms with Gasteiger partial charge in [-0.2, -0.15) is 13.1 Å². The SMILES string of the molecule is COc1cc2ncnc(OC(C)(C)CC(C)(C)NS(N)(=O)=O)c2cc1OC. The predicted molar refractivity (Wildman–Crippen MR) is 102 cm³/mol. The van der Waals surface area contributed by atoms with Crippen LogP contribution in [0.1, 0.15) is 34.1 Å². The third kappa shape index (κ3) is 5.65. The standard InChI is InChI=1S/C17H26N4O5S/c1-16(2,21-27(18,22)23)9-17(3,4)26-15-11-7-13(24-5)14(25-6)8-12(11)19-10-20-15/h7-8,10,21H,9H2,1-6H3,(H2,18,22,23). The van der Waals surface area contributed by atoms with Crippen LogP contribution in [0.2, 0.25) is 0 Å².